The first-order valence-electron chi connectivity index (χ1n) is 7.43. The molecule has 1 heterocycles. The molecule has 0 unspecified atom stereocenters. The molecule has 0 bridgehead atoms. The van der Waals surface area contributed by atoms with Crippen molar-refractivity contribution >= 4 is 26.6 Å². The molecule has 0 atom stereocenters. The van der Waals surface area contributed by atoms with Gasteiger partial charge in [0, 0.05) is 11.5 Å². The Morgan fingerprint density at radius 3 is 2.54 bits per heavy atom. The standard InChI is InChI=1S/C18H18N2O3S/c1-12-8-13(2)18(10-17(12)23-3)24(21,22)20-15-9-14-6-4-5-7-16(14)19-11-15/h4-11,20H,1-3H3. The zero-order chi connectivity index (χ0) is 17.3. The molecular weight excluding hydrogens is 324 g/mol. The monoisotopic (exact) mass is 342 g/mol. The lowest BCUT2D eigenvalue weighted by molar-refractivity contribution is 0.410. The molecule has 0 aliphatic carbocycles. The summed E-state index contributed by atoms with van der Waals surface area (Å²) in [5, 5.41) is 0.871. The highest BCUT2D eigenvalue weighted by Gasteiger charge is 2.19. The number of aryl methyl sites for hydroxylation is 2. The van der Waals surface area contributed by atoms with Gasteiger partial charge in [0.05, 0.1) is 29.4 Å². The van der Waals surface area contributed by atoms with Crippen molar-refractivity contribution in [2.75, 3.05) is 11.8 Å². The summed E-state index contributed by atoms with van der Waals surface area (Å²) in [7, 11) is -2.21. The average Bonchev–Trinajstić information content (AvgIpc) is 2.54. The van der Waals surface area contributed by atoms with Gasteiger partial charge in [0.2, 0.25) is 0 Å². The SMILES string of the molecule is COc1cc(S(=O)(=O)Nc2cnc3ccccc3c2)c(C)cc1C. The third-order valence-corrected chi connectivity index (χ3v) is 5.35. The number of aromatic nitrogens is 1. The second-order valence-corrected chi connectivity index (χ2v) is 7.26. The molecule has 5 nitrogen and oxygen atoms in total. The first-order chi connectivity index (χ1) is 11.4. The maximum atomic E-state index is 12.7. The highest BCUT2D eigenvalue weighted by atomic mass is 32.2. The van der Waals surface area contributed by atoms with Gasteiger partial charge in [-0.2, -0.15) is 0 Å². The third kappa shape index (κ3) is 3.05. The molecule has 3 aromatic rings. The maximum Gasteiger partial charge on any atom is 0.262 e. The lowest BCUT2D eigenvalue weighted by Crippen LogP contribution is -2.15. The quantitative estimate of drug-likeness (QED) is 0.785. The molecule has 6 heteroatoms. The Morgan fingerprint density at radius 2 is 1.79 bits per heavy atom. The summed E-state index contributed by atoms with van der Waals surface area (Å²) in [5.74, 6) is 0.539. The summed E-state index contributed by atoms with van der Waals surface area (Å²) in [5.41, 5.74) is 2.79. The van der Waals surface area contributed by atoms with Crippen LogP contribution < -0.4 is 9.46 Å². The van der Waals surface area contributed by atoms with Gasteiger partial charge in [0.1, 0.15) is 5.75 Å². The molecule has 0 spiro atoms. The molecule has 2 aromatic carbocycles. The number of ether oxygens (including phenoxy) is 1. The van der Waals surface area contributed by atoms with Crippen LogP contribution in [0.25, 0.3) is 10.9 Å². The molecule has 0 aliphatic rings. The number of pyridine rings is 1. The highest BCUT2D eigenvalue weighted by Crippen LogP contribution is 2.27. The summed E-state index contributed by atoms with van der Waals surface area (Å²) in [6, 6.07) is 12.6. The van der Waals surface area contributed by atoms with Crippen LogP contribution in [0.4, 0.5) is 5.69 Å². The van der Waals surface area contributed by atoms with Crippen molar-refractivity contribution in [1.82, 2.24) is 4.98 Å². The van der Waals surface area contributed by atoms with Gasteiger partial charge in [-0.25, -0.2) is 8.42 Å². The van der Waals surface area contributed by atoms with Crippen LogP contribution >= 0.6 is 0 Å². The second kappa shape index (κ2) is 6.13. The van der Waals surface area contributed by atoms with E-state index in [4.69, 9.17) is 4.74 Å². The lowest BCUT2D eigenvalue weighted by atomic mass is 10.1. The van der Waals surface area contributed by atoms with E-state index in [0.29, 0.717) is 17.0 Å². The Balaban J connectivity index is 2.01. The van der Waals surface area contributed by atoms with E-state index in [1.807, 2.05) is 31.2 Å². The molecule has 24 heavy (non-hydrogen) atoms. The van der Waals surface area contributed by atoms with Gasteiger partial charge in [0.25, 0.3) is 10.0 Å². The minimum absolute atomic E-state index is 0.193. The summed E-state index contributed by atoms with van der Waals surface area (Å²) >= 11 is 0. The number of nitrogens with one attached hydrogen (secondary N) is 1. The second-order valence-electron chi connectivity index (χ2n) is 5.61. The van der Waals surface area contributed by atoms with Gasteiger partial charge in [-0.3, -0.25) is 9.71 Å². The van der Waals surface area contributed by atoms with Crippen molar-refractivity contribution in [3.63, 3.8) is 0 Å². The minimum Gasteiger partial charge on any atom is -0.496 e. The topological polar surface area (TPSA) is 68.3 Å². The minimum atomic E-state index is -3.73. The molecular formula is C18H18N2O3S. The van der Waals surface area contributed by atoms with Crippen LogP contribution in [0.3, 0.4) is 0 Å². The van der Waals surface area contributed by atoms with Crippen LogP contribution in [-0.4, -0.2) is 20.5 Å². The molecule has 3 rings (SSSR count). The molecule has 124 valence electrons. The number of hydrogen-bond acceptors (Lipinski definition) is 4. The number of nitrogens with zero attached hydrogens (tertiary/aromatic N) is 1. The van der Waals surface area contributed by atoms with Crippen molar-refractivity contribution < 1.29 is 13.2 Å². The first kappa shape index (κ1) is 16.3. The molecule has 0 fully saturated rings. The predicted molar refractivity (Wildman–Crippen MR) is 95.0 cm³/mol. The number of anilines is 1. The van der Waals surface area contributed by atoms with Crippen molar-refractivity contribution in [2.45, 2.75) is 18.7 Å². The molecule has 1 aromatic heterocycles. The zero-order valence-electron chi connectivity index (χ0n) is 13.7. The first-order valence-corrected chi connectivity index (χ1v) is 8.92. The largest absolute Gasteiger partial charge is 0.496 e. The Kier molecular flexibility index (Phi) is 4.15. The normalized spacial score (nSPS) is 11.5. The van der Waals surface area contributed by atoms with Gasteiger partial charge < -0.3 is 4.74 Å². The van der Waals surface area contributed by atoms with Crippen LogP contribution in [-0.2, 0) is 10.0 Å². The summed E-state index contributed by atoms with van der Waals surface area (Å²) in [4.78, 5) is 4.47. The number of sulfonamides is 1. The molecule has 0 aliphatic heterocycles. The van der Waals surface area contributed by atoms with Gasteiger partial charge in [0.15, 0.2) is 0 Å². The van der Waals surface area contributed by atoms with E-state index in [2.05, 4.69) is 9.71 Å². The van der Waals surface area contributed by atoms with E-state index in [0.717, 1.165) is 16.5 Å². The number of methoxy groups -OCH3 is 1. The fourth-order valence-electron chi connectivity index (χ4n) is 2.66. The Bertz CT molecular complexity index is 1010. The molecule has 0 saturated carbocycles. The van der Waals surface area contributed by atoms with E-state index in [1.165, 1.54) is 13.3 Å². The molecule has 1 N–H and O–H groups in total. The predicted octanol–water partition coefficient (Wildman–Crippen LogP) is 3.66. The summed E-state index contributed by atoms with van der Waals surface area (Å²) < 4.78 is 33.3. The smallest absolute Gasteiger partial charge is 0.262 e. The van der Waals surface area contributed by atoms with E-state index in [1.54, 1.807) is 25.1 Å². The van der Waals surface area contributed by atoms with Crippen molar-refractivity contribution in [3.05, 3.63) is 59.8 Å². The number of benzene rings is 2. The third-order valence-electron chi connectivity index (χ3n) is 3.82. The lowest BCUT2D eigenvalue weighted by Gasteiger charge is -2.13. The van der Waals surface area contributed by atoms with Gasteiger partial charge in [-0.1, -0.05) is 24.3 Å². The summed E-state index contributed by atoms with van der Waals surface area (Å²) in [6.07, 6.45) is 1.51. The van der Waals surface area contributed by atoms with Gasteiger partial charge >= 0.3 is 0 Å². The van der Waals surface area contributed by atoms with Crippen molar-refractivity contribution in [1.29, 1.82) is 0 Å². The van der Waals surface area contributed by atoms with Crippen LogP contribution in [0.15, 0.2) is 53.6 Å². The van der Waals surface area contributed by atoms with E-state index >= 15 is 0 Å². The van der Waals surface area contributed by atoms with E-state index in [-0.39, 0.29) is 4.90 Å². The van der Waals surface area contributed by atoms with E-state index < -0.39 is 10.0 Å². The van der Waals surface area contributed by atoms with Crippen LogP contribution in [0.2, 0.25) is 0 Å². The Labute approximate surface area is 141 Å². The summed E-state index contributed by atoms with van der Waals surface area (Å²) in [6.45, 7) is 3.64. The highest BCUT2D eigenvalue weighted by molar-refractivity contribution is 7.92. The van der Waals surface area contributed by atoms with Crippen molar-refractivity contribution in [3.8, 4) is 5.75 Å². The fraction of sp³-hybridized carbons (Fsp3) is 0.167. The average molecular weight is 342 g/mol. The maximum absolute atomic E-state index is 12.7. The van der Waals surface area contributed by atoms with Gasteiger partial charge in [-0.15, -0.1) is 0 Å². The Morgan fingerprint density at radius 1 is 1.04 bits per heavy atom. The molecule has 0 saturated heterocycles. The van der Waals surface area contributed by atoms with Crippen LogP contribution in [0.5, 0.6) is 5.75 Å². The van der Waals surface area contributed by atoms with Crippen LogP contribution in [0.1, 0.15) is 11.1 Å². The Hall–Kier alpha value is -2.60. The number of hydrogen-bond donors (Lipinski definition) is 1. The molecule has 0 radical (unpaired) electrons. The van der Waals surface area contributed by atoms with Gasteiger partial charge in [-0.05, 0) is 37.1 Å². The van der Waals surface area contributed by atoms with Crippen LogP contribution in [0, 0.1) is 13.8 Å². The zero-order valence-corrected chi connectivity index (χ0v) is 14.5. The molecule has 0 amide bonds. The number of fused-ring (bicyclic) bond motifs is 1. The van der Waals surface area contributed by atoms with E-state index in [9.17, 15) is 8.42 Å². The number of rotatable bonds is 4. The fourth-order valence-corrected chi connectivity index (χ4v) is 3.94. The number of para-hydroxylation sites is 1. The van der Waals surface area contributed by atoms with Crippen molar-refractivity contribution in [2.24, 2.45) is 0 Å².